The molecule has 1 saturated heterocycles. The molecule has 0 aliphatic carbocycles. The first-order chi connectivity index (χ1) is 13.9. The van der Waals surface area contributed by atoms with Gasteiger partial charge in [0.05, 0.1) is 28.4 Å². The van der Waals surface area contributed by atoms with Crippen molar-refractivity contribution in [3.63, 3.8) is 0 Å². The van der Waals surface area contributed by atoms with Crippen molar-refractivity contribution in [1.29, 1.82) is 0 Å². The summed E-state index contributed by atoms with van der Waals surface area (Å²) < 4.78 is 19.9. The molecular formula is C20H20Cl2FN3O3. The molecule has 1 fully saturated rings. The number of benzene rings is 1. The van der Waals surface area contributed by atoms with Crippen LogP contribution >= 0.6 is 23.2 Å². The summed E-state index contributed by atoms with van der Waals surface area (Å²) in [5.41, 5.74) is 0.853. The third kappa shape index (κ3) is 4.27. The van der Waals surface area contributed by atoms with Gasteiger partial charge in [-0.2, -0.15) is 0 Å². The number of aromatic nitrogens is 1. The molecule has 2 aliphatic rings. The number of nitrogens with zero attached hydrogens (tertiary/aromatic N) is 2. The number of carbonyl (C=O) groups is 1. The van der Waals surface area contributed by atoms with E-state index in [0.717, 1.165) is 0 Å². The van der Waals surface area contributed by atoms with Crippen molar-refractivity contribution in [1.82, 2.24) is 4.98 Å². The molecule has 3 heterocycles. The fraction of sp³-hybridized carbons (Fsp3) is 0.400. The Bertz CT molecular complexity index is 943. The number of pyridine rings is 1. The van der Waals surface area contributed by atoms with Crippen LogP contribution in [-0.2, 0) is 11.2 Å². The van der Waals surface area contributed by atoms with E-state index in [2.05, 4.69) is 10.3 Å². The van der Waals surface area contributed by atoms with Crippen LogP contribution in [-0.4, -0.2) is 41.8 Å². The van der Waals surface area contributed by atoms with Crippen molar-refractivity contribution in [3.8, 4) is 5.75 Å². The van der Waals surface area contributed by atoms with Crippen molar-refractivity contribution in [2.45, 2.75) is 25.4 Å². The fourth-order valence-electron chi connectivity index (χ4n) is 3.76. The molecule has 1 amide bonds. The number of nitrogens with one attached hydrogen (secondary N) is 1. The summed E-state index contributed by atoms with van der Waals surface area (Å²) in [5, 5.41) is 14.1. The highest BCUT2D eigenvalue weighted by Gasteiger charge is 2.30. The van der Waals surface area contributed by atoms with Gasteiger partial charge in [-0.25, -0.2) is 9.37 Å². The summed E-state index contributed by atoms with van der Waals surface area (Å²) in [4.78, 5) is 17.7. The van der Waals surface area contributed by atoms with Crippen molar-refractivity contribution >= 4 is 40.6 Å². The maximum Gasteiger partial charge on any atom is 0.224 e. The largest absolute Gasteiger partial charge is 0.493 e. The Morgan fingerprint density at radius 1 is 1.34 bits per heavy atom. The molecule has 1 aromatic carbocycles. The van der Waals surface area contributed by atoms with E-state index in [9.17, 15) is 14.3 Å². The van der Waals surface area contributed by atoms with Crippen LogP contribution in [0.2, 0.25) is 10.0 Å². The lowest BCUT2D eigenvalue weighted by Crippen LogP contribution is -2.46. The lowest BCUT2D eigenvalue weighted by molar-refractivity contribution is -0.116. The molecule has 0 spiro atoms. The molecule has 0 unspecified atom stereocenters. The van der Waals surface area contributed by atoms with Gasteiger partial charge in [-0.15, -0.1) is 0 Å². The molecule has 2 aliphatic heterocycles. The number of aliphatic hydroxyl groups excluding tert-OH is 1. The van der Waals surface area contributed by atoms with E-state index in [1.54, 1.807) is 12.1 Å². The van der Waals surface area contributed by atoms with E-state index in [1.165, 1.54) is 12.3 Å². The number of amides is 1. The van der Waals surface area contributed by atoms with Gasteiger partial charge in [0, 0.05) is 37.2 Å². The lowest BCUT2D eigenvalue weighted by atomic mass is 9.94. The molecule has 0 bridgehead atoms. The highest BCUT2D eigenvalue weighted by atomic mass is 35.5. The summed E-state index contributed by atoms with van der Waals surface area (Å²) in [5.74, 6) is 0.374. The van der Waals surface area contributed by atoms with E-state index >= 15 is 0 Å². The van der Waals surface area contributed by atoms with Crippen molar-refractivity contribution in [3.05, 3.63) is 45.8 Å². The Balaban J connectivity index is 1.41. The van der Waals surface area contributed by atoms with Gasteiger partial charge in [0.2, 0.25) is 5.91 Å². The van der Waals surface area contributed by atoms with Crippen molar-refractivity contribution < 1.29 is 19.0 Å². The zero-order valence-electron chi connectivity index (χ0n) is 15.5. The smallest absolute Gasteiger partial charge is 0.224 e. The Labute approximate surface area is 177 Å². The highest BCUT2D eigenvalue weighted by molar-refractivity contribution is 6.36. The quantitative estimate of drug-likeness (QED) is 0.759. The minimum atomic E-state index is -0.631. The summed E-state index contributed by atoms with van der Waals surface area (Å²) in [6, 6.07) is 4.49. The first kappa shape index (κ1) is 20.2. The van der Waals surface area contributed by atoms with Gasteiger partial charge in [0.25, 0.3) is 0 Å². The van der Waals surface area contributed by atoms with Gasteiger partial charge >= 0.3 is 0 Å². The minimum Gasteiger partial charge on any atom is -0.493 e. The second-order valence-electron chi connectivity index (χ2n) is 7.28. The lowest BCUT2D eigenvalue weighted by Gasteiger charge is -2.37. The molecular weight excluding hydrogens is 420 g/mol. The SMILES string of the molecule is O=C1CCc2c(OC[C@@H]3CCN(c4ncc(Cl)cc4Cl)C[C@H]3O)ccc(F)c2N1. The average Bonchev–Trinajstić information content (AvgIpc) is 2.68. The topological polar surface area (TPSA) is 74.7 Å². The van der Waals surface area contributed by atoms with Gasteiger partial charge in [-0.1, -0.05) is 23.2 Å². The zero-order chi connectivity index (χ0) is 20.5. The number of fused-ring (bicyclic) bond motifs is 1. The number of β-amino-alcohol motifs (C(OH)–C–C–N with tert-alkyl or cyclic N) is 1. The molecule has 6 nitrogen and oxygen atoms in total. The maximum absolute atomic E-state index is 14.0. The predicted molar refractivity (Wildman–Crippen MR) is 109 cm³/mol. The van der Waals surface area contributed by atoms with Gasteiger partial charge in [-0.3, -0.25) is 4.79 Å². The van der Waals surface area contributed by atoms with Crippen LogP contribution in [0.15, 0.2) is 24.4 Å². The Kier molecular flexibility index (Phi) is 5.81. The Morgan fingerprint density at radius 2 is 2.17 bits per heavy atom. The predicted octanol–water partition coefficient (Wildman–Crippen LogP) is 3.68. The molecule has 0 saturated carbocycles. The first-order valence-corrected chi connectivity index (χ1v) is 10.2. The molecule has 2 atom stereocenters. The van der Waals surface area contributed by atoms with E-state index in [1.807, 2.05) is 4.90 Å². The van der Waals surface area contributed by atoms with E-state index in [-0.39, 0.29) is 17.5 Å². The third-order valence-electron chi connectivity index (χ3n) is 5.35. The summed E-state index contributed by atoms with van der Waals surface area (Å²) in [6.45, 7) is 1.33. The molecule has 154 valence electrons. The van der Waals surface area contributed by atoms with Gasteiger partial charge in [0.1, 0.15) is 17.4 Å². The number of rotatable bonds is 4. The van der Waals surface area contributed by atoms with Crippen LogP contribution in [0.25, 0.3) is 0 Å². The van der Waals surface area contributed by atoms with E-state index < -0.39 is 11.9 Å². The van der Waals surface area contributed by atoms with Gasteiger partial charge in [-0.05, 0) is 31.0 Å². The van der Waals surface area contributed by atoms with Gasteiger partial charge in [0.15, 0.2) is 0 Å². The van der Waals surface area contributed by atoms with E-state index in [4.69, 9.17) is 27.9 Å². The zero-order valence-corrected chi connectivity index (χ0v) is 17.0. The number of anilines is 2. The molecule has 9 heteroatoms. The van der Waals surface area contributed by atoms with Crippen LogP contribution < -0.4 is 15.0 Å². The Hall–Kier alpha value is -2.09. The summed E-state index contributed by atoms with van der Waals surface area (Å²) >= 11 is 12.1. The third-order valence-corrected chi connectivity index (χ3v) is 5.83. The van der Waals surface area contributed by atoms with Crippen molar-refractivity contribution in [2.24, 2.45) is 5.92 Å². The second kappa shape index (κ2) is 8.34. The van der Waals surface area contributed by atoms with Crippen molar-refractivity contribution in [2.75, 3.05) is 29.9 Å². The number of aliphatic hydroxyl groups is 1. The Morgan fingerprint density at radius 3 is 2.93 bits per heavy atom. The highest BCUT2D eigenvalue weighted by Crippen LogP contribution is 2.35. The monoisotopic (exact) mass is 439 g/mol. The summed E-state index contributed by atoms with van der Waals surface area (Å²) in [6.07, 6.45) is 2.30. The molecule has 2 aromatic rings. The molecule has 29 heavy (non-hydrogen) atoms. The second-order valence-corrected chi connectivity index (χ2v) is 8.12. The molecule has 2 N–H and O–H groups in total. The normalized spacial score (nSPS) is 21.5. The number of hydrogen-bond acceptors (Lipinski definition) is 5. The molecule has 0 radical (unpaired) electrons. The first-order valence-electron chi connectivity index (χ1n) is 9.40. The van der Waals surface area contributed by atoms with E-state index in [0.29, 0.717) is 66.1 Å². The number of carbonyl (C=O) groups excluding carboxylic acids is 1. The number of ether oxygens (including phenoxy) is 1. The molecule has 4 rings (SSSR count). The number of piperidine rings is 1. The molecule has 1 aromatic heterocycles. The number of halogens is 3. The standard InChI is InChI=1S/C20H20Cl2FN3O3/c21-12-7-14(22)20(24-8-12)26-6-5-11(16(27)9-26)10-29-17-3-2-15(23)19-13(17)1-4-18(28)25-19/h2-3,7-8,11,16,27H,1,4-6,9-10H2,(H,25,28)/t11-,16+/m0/s1. The van der Waals surface area contributed by atoms with Crippen LogP contribution in [0.4, 0.5) is 15.9 Å². The fourth-order valence-corrected chi connectivity index (χ4v) is 4.26. The average molecular weight is 440 g/mol. The van der Waals surface area contributed by atoms with Crippen LogP contribution in [0.1, 0.15) is 18.4 Å². The van der Waals surface area contributed by atoms with Crippen LogP contribution in [0.5, 0.6) is 5.75 Å². The summed E-state index contributed by atoms with van der Waals surface area (Å²) in [7, 11) is 0. The van der Waals surface area contributed by atoms with Gasteiger partial charge < -0.3 is 20.1 Å². The van der Waals surface area contributed by atoms with Crippen LogP contribution in [0.3, 0.4) is 0 Å². The maximum atomic E-state index is 14.0. The number of hydrogen-bond donors (Lipinski definition) is 2. The van der Waals surface area contributed by atoms with Crippen LogP contribution in [0, 0.1) is 11.7 Å². The minimum absolute atomic E-state index is 0.0868.